The van der Waals surface area contributed by atoms with Crippen molar-refractivity contribution in [2.24, 2.45) is 0 Å². The number of hydrogen-bond acceptors (Lipinski definition) is 6. The molecule has 0 heterocycles. The molecule has 130 valence electrons. The lowest BCUT2D eigenvalue weighted by molar-refractivity contribution is -0.384. The summed E-state index contributed by atoms with van der Waals surface area (Å²) in [5, 5.41) is 10.6. The zero-order valence-electron chi connectivity index (χ0n) is 13.9. The van der Waals surface area contributed by atoms with Crippen molar-refractivity contribution in [2.45, 2.75) is 20.5 Å². The van der Waals surface area contributed by atoms with Crippen LogP contribution in [-0.2, 0) is 11.3 Å². The molecule has 0 aliphatic heterocycles. The number of carbonyl (C=O) groups excluding carboxylic acids is 2. The topological polar surface area (TPSA) is 95.7 Å². The number of nitro groups is 1. The van der Waals surface area contributed by atoms with E-state index in [2.05, 4.69) is 0 Å². The Labute approximate surface area is 144 Å². The summed E-state index contributed by atoms with van der Waals surface area (Å²) in [6.07, 6.45) is 0. The Morgan fingerprint density at radius 2 is 1.72 bits per heavy atom. The summed E-state index contributed by atoms with van der Waals surface area (Å²) >= 11 is 0. The first-order valence-electron chi connectivity index (χ1n) is 7.60. The van der Waals surface area contributed by atoms with Crippen molar-refractivity contribution >= 4 is 17.4 Å². The van der Waals surface area contributed by atoms with Crippen molar-refractivity contribution in [1.82, 2.24) is 0 Å². The minimum Gasteiger partial charge on any atom is -0.493 e. The highest BCUT2D eigenvalue weighted by atomic mass is 16.6. The van der Waals surface area contributed by atoms with Crippen LogP contribution in [0.4, 0.5) is 5.69 Å². The van der Waals surface area contributed by atoms with Crippen LogP contribution in [0.2, 0.25) is 0 Å². The predicted molar refractivity (Wildman–Crippen MR) is 89.8 cm³/mol. The van der Waals surface area contributed by atoms with Crippen LogP contribution in [0.15, 0.2) is 42.5 Å². The standard InChI is InChI=1S/C18H17NO6/c1-3-24-17-9-6-14(12(2)20)10-15(17)11-25-18(21)13-4-7-16(8-5-13)19(22)23/h4-10H,3,11H2,1-2H3. The van der Waals surface area contributed by atoms with Gasteiger partial charge in [0.05, 0.1) is 17.1 Å². The molecule has 0 saturated heterocycles. The average Bonchev–Trinajstić information content (AvgIpc) is 2.60. The molecule has 0 spiro atoms. The lowest BCUT2D eigenvalue weighted by atomic mass is 10.1. The molecule has 7 heteroatoms. The Balaban J connectivity index is 2.13. The fourth-order valence-corrected chi connectivity index (χ4v) is 2.15. The van der Waals surface area contributed by atoms with Gasteiger partial charge >= 0.3 is 5.97 Å². The predicted octanol–water partition coefficient (Wildman–Crippen LogP) is 3.55. The normalized spacial score (nSPS) is 10.2. The summed E-state index contributed by atoms with van der Waals surface area (Å²) in [5.41, 5.74) is 1.16. The molecule has 25 heavy (non-hydrogen) atoms. The zero-order valence-corrected chi connectivity index (χ0v) is 13.9. The lowest BCUT2D eigenvalue weighted by Gasteiger charge is -2.12. The highest BCUT2D eigenvalue weighted by molar-refractivity contribution is 5.94. The number of nitrogens with zero attached hydrogens (tertiary/aromatic N) is 1. The fourth-order valence-electron chi connectivity index (χ4n) is 2.15. The molecule has 0 aromatic heterocycles. The zero-order chi connectivity index (χ0) is 18.4. The van der Waals surface area contributed by atoms with Gasteiger partial charge in [-0.25, -0.2) is 4.79 Å². The van der Waals surface area contributed by atoms with E-state index in [4.69, 9.17) is 9.47 Å². The maximum atomic E-state index is 12.1. The van der Waals surface area contributed by atoms with Gasteiger partial charge in [-0.2, -0.15) is 0 Å². The van der Waals surface area contributed by atoms with Gasteiger partial charge in [0.25, 0.3) is 5.69 Å². The van der Waals surface area contributed by atoms with Gasteiger partial charge in [-0.05, 0) is 44.2 Å². The van der Waals surface area contributed by atoms with Crippen molar-refractivity contribution in [2.75, 3.05) is 6.61 Å². The van der Waals surface area contributed by atoms with Crippen LogP contribution in [0.5, 0.6) is 5.75 Å². The molecule has 0 fully saturated rings. The van der Waals surface area contributed by atoms with E-state index in [0.29, 0.717) is 23.5 Å². The van der Waals surface area contributed by atoms with E-state index < -0.39 is 10.9 Å². The lowest BCUT2D eigenvalue weighted by Crippen LogP contribution is -2.07. The van der Waals surface area contributed by atoms with E-state index in [9.17, 15) is 19.7 Å². The summed E-state index contributed by atoms with van der Waals surface area (Å²) in [6, 6.07) is 10.1. The molecule has 2 aromatic carbocycles. The van der Waals surface area contributed by atoms with Crippen LogP contribution in [0.1, 0.15) is 40.1 Å². The van der Waals surface area contributed by atoms with Gasteiger partial charge in [0, 0.05) is 23.3 Å². The highest BCUT2D eigenvalue weighted by Gasteiger charge is 2.13. The summed E-state index contributed by atoms with van der Waals surface area (Å²) in [5.74, 6) is -0.194. The molecule has 0 atom stereocenters. The van der Waals surface area contributed by atoms with Crippen LogP contribution in [0.25, 0.3) is 0 Å². The largest absolute Gasteiger partial charge is 0.493 e. The van der Waals surface area contributed by atoms with Crippen molar-refractivity contribution < 1.29 is 24.0 Å². The maximum absolute atomic E-state index is 12.1. The number of nitro benzene ring substituents is 1. The van der Waals surface area contributed by atoms with E-state index in [-0.39, 0.29) is 23.6 Å². The number of hydrogen-bond donors (Lipinski definition) is 0. The third-order valence-electron chi connectivity index (χ3n) is 3.44. The third kappa shape index (κ3) is 4.63. The van der Waals surface area contributed by atoms with Gasteiger partial charge in [0.15, 0.2) is 5.78 Å². The molecule has 0 amide bonds. The number of esters is 1. The van der Waals surface area contributed by atoms with Crippen molar-refractivity contribution in [3.05, 3.63) is 69.3 Å². The quantitative estimate of drug-likeness (QED) is 0.330. The van der Waals surface area contributed by atoms with E-state index in [1.165, 1.54) is 31.2 Å². The average molecular weight is 343 g/mol. The van der Waals surface area contributed by atoms with Crippen LogP contribution in [0.3, 0.4) is 0 Å². The number of Topliss-reactive ketones (excluding diaryl/α,β-unsaturated/α-hetero) is 1. The Bertz CT molecular complexity index is 798. The summed E-state index contributed by atoms with van der Waals surface area (Å²) in [6.45, 7) is 3.63. The number of benzene rings is 2. The summed E-state index contributed by atoms with van der Waals surface area (Å²) < 4.78 is 10.7. The monoisotopic (exact) mass is 343 g/mol. The second-order valence-electron chi connectivity index (χ2n) is 5.19. The molecule has 0 aliphatic carbocycles. The van der Waals surface area contributed by atoms with E-state index in [1.807, 2.05) is 6.92 Å². The van der Waals surface area contributed by atoms with Crippen molar-refractivity contribution in [3.8, 4) is 5.75 Å². The van der Waals surface area contributed by atoms with Crippen molar-refractivity contribution in [3.63, 3.8) is 0 Å². The minimum absolute atomic E-state index is 0.0771. The first-order valence-corrected chi connectivity index (χ1v) is 7.60. The van der Waals surface area contributed by atoms with Gasteiger partial charge in [-0.3, -0.25) is 14.9 Å². The van der Waals surface area contributed by atoms with E-state index in [1.54, 1.807) is 18.2 Å². The Hall–Kier alpha value is -3.22. The third-order valence-corrected chi connectivity index (χ3v) is 3.44. The first kappa shape index (κ1) is 18.1. The molecule has 2 aromatic rings. The second kappa shape index (κ2) is 8.05. The summed E-state index contributed by atoms with van der Waals surface area (Å²) in [4.78, 5) is 33.7. The smallest absolute Gasteiger partial charge is 0.338 e. The maximum Gasteiger partial charge on any atom is 0.338 e. The molecule has 0 bridgehead atoms. The molecule has 0 aliphatic rings. The van der Waals surface area contributed by atoms with Gasteiger partial charge in [0.1, 0.15) is 12.4 Å². The molecule has 2 rings (SSSR count). The van der Waals surface area contributed by atoms with Crippen molar-refractivity contribution in [1.29, 1.82) is 0 Å². The van der Waals surface area contributed by atoms with Crippen LogP contribution in [-0.4, -0.2) is 23.3 Å². The molecule has 7 nitrogen and oxygen atoms in total. The molecule has 0 radical (unpaired) electrons. The van der Waals surface area contributed by atoms with Crippen LogP contribution < -0.4 is 4.74 Å². The minimum atomic E-state index is -0.620. The van der Waals surface area contributed by atoms with Crippen LogP contribution in [0, 0.1) is 10.1 Å². The second-order valence-corrected chi connectivity index (χ2v) is 5.19. The SMILES string of the molecule is CCOc1ccc(C(C)=O)cc1COC(=O)c1ccc([N+](=O)[O-])cc1. The van der Waals surface area contributed by atoms with Gasteiger partial charge in [0.2, 0.25) is 0 Å². The number of rotatable bonds is 7. The molecular weight excluding hydrogens is 326 g/mol. The molecule has 0 unspecified atom stereocenters. The number of non-ortho nitro benzene ring substituents is 1. The fraction of sp³-hybridized carbons (Fsp3) is 0.222. The Morgan fingerprint density at radius 3 is 2.28 bits per heavy atom. The Kier molecular flexibility index (Phi) is 5.84. The number of ether oxygens (including phenoxy) is 2. The first-order chi connectivity index (χ1) is 11.9. The number of carbonyl (C=O) groups is 2. The van der Waals surface area contributed by atoms with E-state index >= 15 is 0 Å². The molecular formula is C18H17NO6. The van der Waals surface area contributed by atoms with Gasteiger partial charge in [-0.1, -0.05) is 0 Å². The van der Waals surface area contributed by atoms with Crippen LogP contribution >= 0.6 is 0 Å². The molecule has 0 N–H and O–H groups in total. The highest BCUT2D eigenvalue weighted by Crippen LogP contribution is 2.22. The summed E-state index contributed by atoms with van der Waals surface area (Å²) in [7, 11) is 0. The van der Waals surface area contributed by atoms with E-state index in [0.717, 1.165) is 0 Å². The number of ketones is 1. The van der Waals surface area contributed by atoms with Gasteiger partial charge < -0.3 is 9.47 Å². The Morgan fingerprint density at radius 1 is 1.08 bits per heavy atom. The molecule has 0 saturated carbocycles. The van der Waals surface area contributed by atoms with Gasteiger partial charge in [-0.15, -0.1) is 0 Å².